The van der Waals surface area contributed by atoms with Crippen molar-refractivity contribution in [2.45, 2.75) is 44.8 Å². The highest BCUT2D eigenvalue weighted by atomic mass is 29.2. The van der Waals surface area contributed by atoms with E-state index in [9.17, 15) is 0 Å². The summed E-state index contributed by atoms with van der Waals surface area (Å²) >= 11 is 0. The van der Waals surface area contributed by atoms with Gasteiger partial charge in [-0.15, -0.1) is 0 Å². The second-order valence-corrected chi connectivity index (χ2v) is 18.1. The first-order chi connectivity index (χ1) is 4.92. The lowest BCUT2D eigenvalue weighted by Gasteiger charge is -2.31. The molecule has 0 aromatic heterocycles. The lowest BCUT2D eigenvalue weighted by Crippen LogP contribution is -2.62. The summed E-state index contributed by atoms with van der Waals surface area (Å²) < 4.78 is 0. The van der Waals surface area contributed by atoms with Crippen LogP contribution in [0.25, 0.3) is 0 Å². The highest BCUT2D eigenvalue weighted by Gasteiger charge is 2.32. The van der Waals surface area contributed by atoms with Crippen molar-refractivity contribution in [2.24, 2.45) is 11.5 Å². The first-order valence-corrected chi connectivity index (χ1v) is 11.3. The molecule has 0 bridgehead atoms. The van der Waals surface area contributed by atoms with Gasteiger partial charge in [-0.1, -0.05) is 39.0 Å². The summed E-state index contributed by atoms with van der Waals surface area (Å²) in [4.78, 5) is 0. The molecule has 0 aromatic rings. The van der Waals surface area contributed by atoms with E-state index in [2.05, 4.69) is 26.6 Å². The molecule has 4 N–H and O–H groups in total. The van der Waals surface area contributed by atoms with Crippen LogP contribution in [0.5, 0.6) is 0 Å². The molecule has 0 saturated carbocycles. The van der Waals surface area contributed by atoms with E-state index in [1.54, 1.807) is 0 Å². The van der Waals surface area contributed by atoms with E-state index in [1.165, 1.54) is 12.5 Å². The summed E-state index contributed by atoms with van der Waals surface area (Å²) in [5.74, 6) is -0.00397. The Kier molecular flexibility index (Phi) is 4.54. The minimum absolute atomic E-state index is 0.00397. The van der Waals surface area contributed by atoms with Gasteiger partial charge in [0.1, 0.15) is 0 Å². The summed E-state index contributed by atoms with van der Waals surface area (Å²) in [7, 11) is -1.79. The lowest BCUT2D eigenvalue weighted by molar-refractivity contribution is 0.931. The molecule has 0 rings (SSSR count). The molecule has 0 amide bonds. The summed E-state index contributed by atoms with van der Waals surface area (Å²) in [5, 5.41) is 0. The second-order valence-electron chi connectivity index (χ2n) is 4.04. The largest absolute Gasteiger partial charge is 0.319 e. The third-order valence-electron chi connectivity index (χ3n) is 2.85. The number of hydrogen-bond acceptors (Lipinski definition) is 2. The van der Waals surface area contributed by atoms with Gasteiger partial charge in [-0.2, -0.15) is 0 Å². The number of rotatable bonds is 4. The minimum Gasteiger partial charge on any atom is -0.319 e. The zero-order chi connectivity index (χ0) is 9.07. The van der Waals surface area contributed by atoms with Crippen molar-refractivity contribution in [3.05, 3.63) is 0 Å². The quantitative estimate of drug-likeness (QED) is 0.509. The predicted octanol–water partition coefficient (Wildman–Crippen LogP) is 0.823. The maximum atomic E-state index is 5.78. The van der Waals surface area contributed by atoms with Gasteiger partial charge in [0.25, 0.3) is 0 Å². The van der Waals surface area contributed by atoms with Crippen LogP contribution in [0.2, 0.25) is 25.7 Å². The first-order valence-electron chi connectivity index (χ1n) is 4.44. The molecular formula is C7H22N2Si2. The molecule has 0 fully saturated rings. The van der Waals surface area contributed by atoms with Gasteiger partial charge in [0.15, 0.2) is 0 Å². The highest BCUT2D eigenvalue weighted by molar-refractivity contribution is 7.32. The standard InChI is InChI=1S/C7H22N2Si2/c1-5-6-10(2)11(3,4)7(8)9/h7,10H,5-6,8-9H2,1-4H3. The highest BCUT2D eigenvalue weighted by Crippen LogP contribution is 2.13. The molecule has 0 spiro atoms. The van der Waals surface area contributed by atoms with Crippen LogP contribution in [-0.2, 0) is 0 Å². The summed E-state index contributed by atoms with van der Waals surface area (Å²) in [5.41, 5.74) is 11.6. The topological polar surface area (TPSA) is 52.0 Å². The Bertz CT molecular complexity index is 115. The third kappa shape index (κ3) is 3.07. The van der Waals surface area contributed by atoms with Gasteiger partial charge in [-0.05, 0) is 0 Å². The molecule has 0 heterocycles. The van der Waals surface area contributed by atoms with Crippen molar-refractivity contribution in [1.29, 1.82) is 0 Å². The SMILES string of the molecule is CCC[SiH](C)[Si](C)(C)C(N)N. The van der Waals surface area contributed by atoms with Crippen LogP contribution in [0.1, 0.15) is 13.3 Å². The third-order valence-corrected chi connectivity index (χ3v) is 18.2. The Morgan fingerprint density at radius 2 is 1.82 bits per heavy atom. The zero-order valence-corrected chi connectivity index (χ0v) is 10.4. The predicted molar refractivity (Wildman–Crippen MR) is 57.8 cm³/mol. The number of nitrogens with two attached hydrogens (primary N) is 2. The van der Waals surface area contributed by atoms with Crippen LogP contribution in [0.15, 0.2) is 0 Å². The van der Waals surface area contributed by atoms with Gasteiger partial charge in [0.05, 0.1) is 7.59 Å². The van der Waals surface area contributed by atoms with Crippen LogP contribution in [0.3, 0.4) is 0 Å². The second kappa shape index (κ2) is 4.40. The van der Waals surface area contributed by atoms with Crippen molar-refractivity contribution in [2.75, 3.05) is 0 Å². The molecule has 11 heavy (non-hydrogen) atoms. The Morgan fingerprint density at radius 1 is 1.36 bits per heavy atom. The molecule has 0 saturated heterocycles. The van der Waals surface area contributed by atoms with Crippen LogP contribution >= 0.6 is 0 Å². The van der Waals surface area contributed by atoms with E-state index in [1.807, 2.05) is 0 Å². The molecule has 0 radical (unpaired) electrons. The van der Waals surface area contributed by atoms with Crippen LogP contribution in [-0.4, -0.2) is 21.7 Å². The Morgan fingerprint density at radius 3 is 2.09 bits per heavy atom. The average Bonchev–Trinajstić information content (AvgIpc) is 1.88. The molecule has 0 aliphatic heterocycles. The maximum Gasteiger partial charge on any atom is 0.0741 e. The molecule has 4 heteroatoms. The van der Waals surface area contributed by atoms with Gasteiger partial charge in [0.2, 0.25) is 0 Å². The molecule has 68 valence electrons. The Balaban J connectivity index is 4.05. The molecule has 0 aliphatic carbocycles. The molecule has 2 nitrogen and oxygen atoms in total. The number of hydrogen-bond donors (Lipinski definition) is 2. The Hall–Kier alpha value is 0.354. The smallest absolute Gasteiger partial charge is 0.0741 e. The fourth-order valence-electron chi connectivity index (χ4n) is 1.13. The van der Waals surface area contributed by atoms with Gasteiger partial charge in [-0.25, -0.2) is 0 Å². The molecule has 1 unspecified atom stereocenters. The van der Waals surface area contributed by atoms with E-state index in [0.29, 0.717) is 0 Å². The molecule has 1 atom stereocenters. The van der Waals surface area contributed by atoms with Gasteiger partial charge in [0, 0.05) is 14.1 Å². The summed E-state index contributed by atoms with van der Waals surface area (Å²) in [6.07, 6.45) is 1.30. The van der Waals surface area contributed by atoms with Gasteiger partial charge >= 0.3 is 0 Å². The molecular weight excluding hydrogens is 168 g/mol. The Labute approximate surface area is 72.8 Å². The fourth-order valence-corrected chi connectivity index (χ4v) is 8.47. The average molecular weight is 190 g/mol. The summed E-state index contributed by atoms with van der Waals surface area (Å²) in [6.45, 7) is 9.34. The van der Waals surface area contributed by atoms with Crippen molar-refractivity contribution in [3.8, 4) is 0 Å². The molecule has 0 aliphatic rings. The summed E-state index contributed by atoms with van der Waals surface area (Å²) in [6, 6.07) is 1.41. The lowest BCUT2D eigenvalue weighted by atomic mass is 10.6. The fraction of sp³-hybridized carbons (Fsp3) is 1.00. The van der Waals surface area contributed by atoms with E-state index >= 15 is 0 Å². The van der Waals surface area contributed by atoms with Crippen molar-refractivity contribution >= 4 is 15.9 Å². The first kappa shape index (κ1) is 11.4. The van der Waals surface area contributed by atoms with Gasteiger partial charge in [-0.3, -0.25) is 0 Å². The van der Waals surface area contributed by atoms with Crippen LogP contribution < -0.4 is 11.5 Å². The van der Waals surface area contributed by atoms with E-state index < -0.39 is 15.9 Å². The monoisotopic (exact) mass is 190 g/mol. The maximum absolute atomic E-state index is 5.78. The molecule has 0 aromatic carbocycles. The van der Waals surface area contributed by atoms with Crippen molar-refractivity contribution in [1.82, 2.24) is 0 Å². The van der Waals surface area contributed by atoms with Crippen LogP contribution in [0, 0.1) is 0 Å². The van der Waals surface area contributed by atoms with Gasteiger partial charge < -0.3 is 11.5 Å². The minimum atomic E-state index is -1.21. The van der Waals surface area contributed by atoms with E-state index in [0.717, 1.165) is 0 Å². The van der Waals surface area contributed by atoms with Crippen molar-refractivity contribution in [3.63, 3.8) is 0 Å². The van der Waals surface area contributed by atoms with Crippen LogP contribution in [0.4, 0.5) is 0 Å². The normalized spacial score (nSPS) is 15.5. The van der Waals surface area contributed by atoms with E-state index in [4.69, 9.17) is 11.5 Å². The van der Waals surface area contributed by atoms with Crippen molar-refractivity contribution < 1.29 is 0 Å². The zero-order valence-electron chi connectivity index (χ0n) is 8.22. The van der Waals surface area contributed by atoms with E-state index in [-0.39, 0.29) is 5.79 Å².